The van der Waals surface area contributed by atoms with Crippen LogP contribution >= 0.6 is 11.8 Å². The molecule has 0 fully saturated rings. The van der Waals surface area contributed by atoms with Gasteiger partial charge in [-0.3, -0.25) is 0 Å². The maximum absolute atomic E-state index is 9.93. The Balaban J connectivity index is 0. The van der Waals surface area contributed by atoms with Gasteiger partial charge in [0.05, 0.1) is 0 Å². The lowest BCUT2D eigenvalue weighted by molar-refractivity contribution is 0.563. The normalized spacial score (nSPS) is 9.00. The third-order valence-electron chi connectivity index (χ3n) is 0.255. The molecule has 0 aliphatic rings. The van der Waals surface area contributed by atoms with Crippen LogP contribution in [-0.4, -0.2) is 20.0 Å². The lowest BCUT2D eigenvalue weighted by atomic mass is 11.7. The molecule has 0 saturated carbocycles. The molecule has 9 heavy (non-hydrogen) atoms. The zero-order valence-electron chi connectivity index (χ0n) is 3.96. The summed E-state index contributed by atoms with van der Waals surface area (Å²) in [5, 5.41) is 0. The molecule has 0 atom stereocenters. The second kappa shape index (κ2) is 4.42. The Labute approximate surface area is 56.1 Å². The molecule has 0 aliphatic heterocycles. The fourth-order valence-electron chi connectivity index (χ4n) is 0.0663. The molecule has 0 aromatic heterocycles. The molecule has 0 unspecified atom stereocenters. The molecule has 0 spiro atoms. The standard InChI is InChI=1S/CHClN2O3S.H2O/c2-4-8(6,7)3-1-5;/h4H;1H2. The lowest BCUT2D eigenvalue weighted by Gasteiger charge is -1.81. The summed E-state index contributed by atoms with van der Waals surface area (Å²) in [6.45, 7) is 0. The molecular weight excluding hydrogens is 172 g/mol. The maximum atomic E-state index is 9.93. The molecule has 0 aromatic rings. The van der Waals surface area contributed by atoms with Crippen molar-refractivity contribution >= 4 is 28.1 Å². The number of nitrogens with zero attached hydrogens (tertiary/aromatic N) is 1. The third kappa shape index (κ3) is 5.41. The summed E-state index contributed by atoms with van der Waals surface area (Å²) < 4.78 is 23.4. The number of hydrogen-bond donors (Lipinski definition) is 1. The first-order chi connectivity index (χ1) is 3.62. The van der Waals surface area contributed by atoms with Gasteiger partial charge in [-0.05, 0) is 11.8 Å². The van der Waals surface area contributed by atoms with Gasteiger partial charge in [0, 0.05) is 0 Å². The number of rotatable bonds is 2. The molecule has 54 valence electrons. The Morgan fingerprint density at radius 3 is 2.11 bits per heavy atom. The highest BCUT2D eigenvalue weighted by molar-refractivity contribution is 7.89. The van der Waals surface area contributed by atoms with E-state index in [0.717, 1.165) is 6.08 Å². The predicted molar refractivity (Wildman–Crippen MR) is 29.6 cm³/mol. The van der Waals surface area contributed by atoms with Crippen molar-refractivity contribution in [1.82, 2.24) is 4.24 Å². The largest absolute Gasteiger partial charge is 0.412 e. The molecule has 0 saturated heterocycles. The number of hydrogen-bond acceptors (Lipinski definition) is 3. The molecule has 0 rings (SSSR count). The number of halogens is 1. The Bertz CT molecular complexity index is 203. The highest BCUT2D eigenvalue weighted by atomic mass is 35.5. The van der Waals surface area contributed by atoms with Crippen molar-refractivity contribution in [3.8, 4) is 0 Å². The lowest BCUT2D eigenvalue weighted by Crippen LogP contribution is -2.08. The zero-order valence-corrected chi connectivity index (χ0v) is 5.53. The summed E-state index contributed by atoms with van der Waals surface area (Å²) in [6, 6.07) is 0. The minimum atomic E-state index is -3.95. The van der Waals surface area contributed by atoms with Gasteiger partial charge in [0.15, 0.2) is 0 Å². The van der Waals surface area contributed by atoms with Crippen LogP contribution in [0.5, 0.6) is 0 Å². The van der Waals surface area contributed by atoms with Crippen LogP contribution in [0.1, 0.15) is 0 Å². The first-order valence-electron chi connectivity index (χ1n) is 1.34. The summed E-state index contributed by atoms with van der Waals surface area (Å²) >= 11 is 4.56. The molecule has 0 aliphatic carbocycles. The monoisotopic (exact) mass is 174 g/mol. The molecule has 0 amide bonds. The third-order valence-corrected chi connectivity index (χ3v) is 1.35. The highest BCUT2D eigenvalue weighted by Gasteiger charge is 2.00. The second-order valence-electron chi connectivity index (χ2n) is 0.735. The van der Waals surface area contributed by atoms with E-state index in [1.165, 1.54) is 4.24 Å². The molecular formula is CH3ClN2O4S. The number of isocyanates is 1. The van der Waals surface area contributed by atoms with Crippen LogP contribution in [0.2, 0.25) is 0 Å². The van der Waals surface area contributed by atoms with Gasteiger partial charge in [0.1, 0.15) is 0 Å². The van der Waals surface area contributed by atoms with Crippen LogP contribution in [0.3, 0.4) is 0 Å². The van der Waals surface area contributed by atoms with Crippen molar-refractivity contribution in [1.29, 1.82) is 0 Å². The van der Waals surface area contributed by atoms with E-state index in [0.29, 0.717) is 0 Å². The van der Waals surface area contributed by atoms with Gasteiger partial charge in [-0.1, -0.05) is 4.40 Å². The molecule has 8 heteroatoms. The summed E-state index contributed by atoms with van der Waals surface area (Å²) in [6.07, 6.45) is 0.799. The van der Waals surface area contributed by atoms with Gasteiger partial charge in [0.25, 0.3) is 6.08 Å². The fourth-order valence-corrected chi connectivity index (χ4v) is 0.302. The molecule has 0 aromatic carbocycles. The Kier molecular flexibility index (Phi) is 5.58. The summed E-state index contributed by atoms with van der Waals surface area (Å²) in [4.78, 5) is 9.21. The van der Waals surface area contributed by atoms with Gasteiger partial charge < -0.3 is 5.48 Å². The van der Waals surface area contributed by atoms with Crippen LogP contribution in [-0.2, 0) is 15.0 Å². The van der Waals surface area contributed by atoms with Crippen LogP contribution in [0.25, 0.3) is 0 Å². The second-order valence-corrected chi connectivity index (χ2v) is 2.48. The van der Waals surface area contributed by atoms with Gasteiger partial charge >= 0.3 is 10.2 Å². The summed E-state index contributed by atoms with van der Waals surface area (Å²) in [5.74, 6) is 0. The van der Waals surface area contributed by atoms with E-state index in [1.54, 1.807) is 0 Å². The fraction of sp³-hybridized carbons (Fsp3) is 0. The van der Waals surface area contributed by atoms with Crippen molar-refractivity contribution in [2.24, 2.45) is 4.40 Å². The average molecular weight is 175 g/mol. The zero-order chi connectivity index (χ0) is 6.62. The topological polar surface area (TPSA) is 107 Å². The number of carbonyl (C=O) groups excluding carboxylic acids is 1. The van der Waals surface area contributed by atoms with E-state index in [1.807, 2.05) is 0 Å². The van der Waals surface area contributed by atoms with Gasteiger partial charge in [-0.15, -0.1) is 4.24 Å². The van der Waals surface area contributed by atoms with Gasteiger partial charge in [-0.2, -0.15) is 8.42 Å². The van der Waals surface area contributed by atoms with Crippen molar-refractivity contribution in [2.75, 3.05) is 0 Å². The van der Waals surface area contributed by atoms with E-state index in [2.05, 4.69) is 16.2 Å². The number of nitrogens with one attached hydrogen (secondary N) is 1. The molecule has 0 heterocycles. The van der Waals surface area contributed by atoms with Crippen LogP contribution in [0, 0.1) is 0 Å². The molecule has 3 N–H and O–H groups in total. The molecule has 0 radical (unpaired) electrons. The quantitative estimate of drug-likeness (QED) is 0.312. The first kappa shape index (κ1) is 11.4. The van der Waals surface area contributed by atoms with E-state index < -0.39 is 10.2 Å². The van der Waals surface area contributed by atoms with Gasteiger partial charge in [0.2, 0.25) is 0 Å². The minimum Gasteiger partial charge on any atom is -0.412 e. The first-order valence-corrected chi connectivity index (χ1v) is 3.15. The van der Waals surface area contributed by atoms with Crippen molar-refractivity contribution < 1.29 is 18.7 Å². The summed E-state index contributed by atoms with van der Waals surface area (Å²) in [5.41, 5.74) is 0. The minimum absolute atomic E-state index is 0. The maximum Gasteiger partial charge on any atom is 0.343 e. The Hall–Kier alpha value is -0.460. The van der Waals surface area contributed by atoms with Crippen LogP contribution in [0.4, 0.5) is 0 Å². The SMILES string of the molecule is O.O=C=NS(=O)(=O)NCl. The predicted octanol–water partition coefficient (Wildman–Crippen LogP) is -1.51. The highest BCUT2D eigenvalue weighted by Crippen LogP contribution is 1.82. The average Bonchev–Trinajstić information content (AvgIpc) is 1.67. The molecule has 0 bridgehead atoms. The smallest absolute Gasteiger partial charge is 0.343 e. The Morgan fingerprint density at radius 1 is 1.56 bits per heavy atom. The van der Waals surface area contributed by atoms with Crippen LogP contribution in [0.15, 0.2) is 4.40 Å². The van der Waals surface area contributed by atoms with Crippen molar-refractivity contribution in [3.63, 3.8) is 0 Å². The van der Waals surface area contributed by atoms with Crippen molar-refractivity contribution in [3.05, 3.63) is 0 Å². The van der Waals surface area contributed by atoms with Crippen LogP contribution < -0.4 is 4.24 Å². The Morgan fingerprint density at radius 2 is 2.00 bits per heavy atom. The van der Waals surface area contributed by atoms with E-state index in [-0.39, 0.29) is 5.48 Å². The van der Waals surface area contributed by atoms with Gasteiger partial charge in [-0.25, -0.2) is 4.79 Å². The van der Waals surface area contributed by atoms with E-state index >= 15 is 0 Å². The van der Waals surface area contributed by atoms with Crippen molar-refractivity contribution in [2.45, 2.75) is 0 Å². The molecule has 6 nitrogen and oxygen atoms in total. The van der Waals surface area contributed by atoms with E-state index in [4.69, 9.17) is 0 Å². The van der Waals surface area contributed by atoms with E-state index in [9.17, 15) is 13.2 Å². The summed E-state index contributed by atoms with van der Waals surface area (Å²) in [7, 11) is -3.95.